The molecule has 0 spiro atoms. The van der Waals surface area contributed by atoms with Crippen LogP contribution in [0.2, 0.25) is 0 Å². The van der Waals surface area contributed by atoms with Crippen molar-refractivity contribution in [1.82, 2.24) is 19.9 Å². The summed E-state index contributed by atoms with van der Waals surface area (Å²) in [7, 11) is 0. The van der Waals surface area contributed by atoms with E-state index in [0.29, 0.717) is 12.4 Å². The summed E-state index contributed by atoms with van der Waals surface area (Å²) in [6.45, 7) is 8.55. The zero-order valence-electron chi connectivity index (χ0n) is 14.4. The van der Waals surface area contributed by atoms with Crippen LogP contribution in [0.3, 0.4) is 0 Å². The third-order valence-corrected chi connectivity index (χ3v) is 4.73. The molecule has 2 aromatic rings. The maximum Gasteiger partial charge on any atom is 0.243 e. The highest BCUT2D eigenvalue weighted by atomic mass is 16.5. The Bertz CT molecular complexity index is 623. The summed E-state index contributed by atoms with van der Waals surface area (Å²) < 4.78 is 5.36. The number of aromatic nitrogens is 2. The van der Waals surface area contributed by atoms with Crippen LogP contribution in [0.4, 0.5) is 0 Å². The summed E-state index contributed by atoms with van der Waals surface area (Å²) in [4.78, 5) is 9.11. The SMILES string of the molecule is CCc1noc([C@H](C)N2CCN(C[C@@H](O)c3ccccc3)CC2)n1. The topological polar surface area (TPSA) is 65.6 Å². The van der Waals surface area contributed by atoms with Crippen LogP contribution in [0.15, 0.2) is 34.9 Å². The number of β-amino-alcohol motifs (C(OH)–C–C–N with tert-alkyl or cyclic N) is 1. The highest BCUT2D eigenvalue weighted by Gasteiger charge is 2.26. The van der Waals surface area contributed by atoms with Crippen molar-refractivity contribution in [2.45, 2.75) is 32.4 Å². The molecule has 1 aliphatic heterocycles. The first-order valence-electron chi connectivity index (χ1n) is 8.69. The summed E-state index contributed by atoms with van der Waals surface area (Å²) in [5, 5.41) is 14.3. The monoisotopic (exact) mass is 330 g/mol. The van der Waals surface area contributed by atoms with E-state index in [9.17, 15) is 5.11 Å². The fourth-order valence-electron chi connectivity index (χ4n) is 3.10. The fraction of sp³-hybridized carbons (Fsp3) is 0.556. The average Bonchev–Trinajstić information content (AvgIpc) is 3.11. The van der Waals surface area contributed by atoms with Gasteiger partial charge in [0.15, 0.2) is 5.82 Å². The second-order valence-electron chi connectivity index (χ2n) is 6.34. The number of nitrogens with zero attached hydrogens (tertiary/aromatic N) is 4. The largest absolute Gasteiger partial charge is 0.387 e. The number of hydrogen-bond acceptors (Lipinski definition) is 6. The van der Waals surface area contributed by atoms with Crippen LogP contribution < -0.4 is 0 Å². The average molecular weight is 330 g/mol. The maximum absolute atomic E-state index is 10.4. The zero-order valence-corrected chi connectivity index (χ0v) is 14.4. The highest BCUT2D eigenvalue weighted by molar-refractivity contribution is 5.17. The van der Waals surface area contributed by atoms with Gasteiger partial charge in [-0.1, -0.05) is 42.4 Å². The molecule has 3 rings (SSSR count). The van der Waals surface area contributed by atoms with Gasteiger partial charge in [-0.2, -0.15) is 4.98 Å². The van der Waals surface area contributed by atoms with Crippen LogP contribution in [0.1, 0.15) is 43.3 Å². The minimum absolute atomic E-state index is 0.138. The molecule has 0 radical (unpaired) electrons. The minimum atomic E-state index is -0.432. The lowest BCUT2D eigenvalue weighted by Gasteiger charge is -2.37. The first-order chi connectivity index (χ1) is 11.7. The predicted molar refractivity (Wildman–Crippen MR) is 91.5 cm³/mol. The van der Waals surface area contributed by atoms with Crippen LogP contribution in [0.5, 0.6) is 0 Å². The van der Waals surface area contributed by atoms with Gasteiger partial charge in [0.25, 0.3) is 0 Å². The van der Waals surface area contributed by atoms with Crippen molar-refractivity contribution in [2.24, 2.45) is 0 Å². The second-order valence-corrected chi connectivity index (χ2v) is 6.34. The Balaban J connectivity index is 1.50. The van der Waals surface area contributed by atoms with Gasteiger partial charge < -0.3 is 9.63 Å². The Kier molecular flexibility index (Phi) is 5.60. The Morgan fingerprint density at radius 1 is 1.17 bits per heavy atom. The Morgan fingerprint density at radius 2 is 1.88 bits per heavy atom. The molecule has 1 saturated heterocycles. The van der Waals surface area contributed by atoms with Crippen molar-refractivity contribution in [2.75, 3.05) is 32.7 Å². The van der Waals surface area contributed by atoms with E-state index in [1.165, 1.54) is 0 Å². The van der Waals surface area contributed by atoms with E-state index in [-0.39, 0.29) is 6.04 Å². The van der Waals surface area contributed by atoms with Crippen molar-refractivity contribution >= 4 is 0 Å². The van der Waals surface area contributed by atoms with Gasteiger partial charge in [-0.25, -0.2) is 0 Å². The van der Waals surface area contributed by atoms with Crippen molar-refractivity contribution in [3.05, 3.63) is 47.6 Å². The predicted octanol–water partition coefficient (Wildman–Crippen LogP) is 2.04. The maximum atomic E-state index is 10.4. The van der Waals surface area contributed by atoms with E-state index in [1.807, 2.05) is 37.3 Å². The zero-order chi connectivity index (χ0) is 16.9. The number of aliphatic hydroxyl groups is 1. The lowest BCUT2D eigenvalue weighted by molar-refractivity contribution is 0.0525. The molecule has 0 saturated carbocycles. The molecule has 1 aliphatic rings. The number of aliphatic hydroxyl groups excluding tert-OH is 1. The van der Waals surface area contributed by atoms with E-state index >= 15 is 0 Å². The number of rotatable bonds is 6. The number of hydrogen-bond donors (Lipinski definition) is 1. The van der Waals surface area contributed by atoms with E-state index in [4.69, 9.17) is 4.52 Å². The lowest BCUT2D eigenvalue weighted by Crippen LogP contribution is -2.48. The van der Waals surface area contributed by atoms with Crippen molar-refractivity contribution in [3.63, 3.8) is 0 Å². The van der Waals surface area contributed by atoms with Crippen LogP contribution in [-0.4, -0.2) is 57.8 Å². The molecule has 1 aromatic heterocycles. The van der Waals surface area contributed by atoms with Gasteiger partial charge in [-0.15, -0.1) is 0 Å². The molecule has 24 heavy (non-hydrogen) atoms. The molecule has 0 aliphatic carbocycles. The summed E-state index contributed by atoms with van der Waals surface area (Å²) in [6, 6.07) is 9.99. The van der Waals surface area contributed by atoms with Gasteiger partial charge >= 0.3 is 0 Å². The van der Waals surface area contributed by atoms with Gasteiger partial charge in [0.05, 0.1) is 12.1 Å². The van der Waals surface area contributed by atoms with E-state index in [2.05, 4.69) is 26.9 Å². The van der Waals surface area contributed by atoms with Crippen LogP contribution in [0.25, 0.3) is 0 Å². The minimum Gasteiger partial charge on any atom is -0.387 e. The summed E-state index contributed by atoms with van der Waals surface area (Å²) in [5.41, 5.74) is 0.978. The highest BCUT2D eigenvalue weighted by Crippen LogP contribution is 2.21. The molecule has 0 amide bonds. The molecule has 0 bridgehead atoms. The van der Waals surface area contributed by atoms with Gasteiger partial charge in [-0.3, -0.25) is 9.80 Å². The number of benzene rings is 1. The third-order valence-electron chi connectivity index (χ3n) is 4.73. The summed E-state index contributed by atoms with van der Waals surface area (Å²) in [5.74, 6) is 1.46. The Morgan fingerprint density at radius 3 is 2.50 bits per heavy atom. The van der Waals surface area contributed by atoms with Crippen LogP contribution in [0, 0.1) is 0 Å². The molecule has 2 atom stereocenters. The molecule has 1 fully saturated rings. The lowest BCUT2D eigenvalue weighted by atomic mass is 10.1. The smallest absolute Gasteiger partial charge is 0.243 e. The second kappa shape index (κ2) is 7.88. The fourth-order valence-corrected chi connectivity index (χ4v) is 3.10. The molecule has 6 heteroatoms. The standard InChI is InChI=1S/C18H26N4O2/c1-3-17-19-18(24-20-17)14(2)22-11-9-21(10-12-22)13-16(23)15-7-5-4-6-8-15/h4-8,14,16,23H,3,9-13H2,1-2H3/t14-,16+/m0/s1. The number of aryl methyl sites for hydroxylation is 1. The van der Waals surface area contributed by atoms with Gasteiger partial charge in [0.1, 0.15) is 0 Å². The normalized spacial score (nSPS) is 19.3. The van der Waals surface area contributed by atoms with Crippen LogP contribution >= 0.6 is 0 Å². The third kappa shape index (κ3) is 4.01. The molecule has 6 nitrogen and oxygen atoms in total. The van der Waals surface area contributed by atoms with Crippen molar-refractivity contribution in [1.29, 1.82) is 0 Å². The molecular weight excluding hydrogens is 304 g/mol. The van der Waals surface area contributed by atoms with E-state index < -0.39 is 6.10 Å². The number of piperazine rings is 1. The molecule has 1 aromatic carbocycles. The summed E-state index contributed by atoms with van der Waals surface area (Å²) in [6.07, 6.45) is 0.361. The van der Waals surface area contributed by atoms with Crippen molar-refractivity contribution < 1.29 is 9.63 Å². The first kappa shape index (κ1) is 17.1. The van der Waals surface area contributed by atoms with Crippen LogP contribution in [-0.2, 0) is 6.42 Å². The van der Waals surface area contributed by atoms with Gasteiger partial charge in [0, 0.05) is 39.1 Å². The molecular formula is C18H26N4O2. The Labute approximate surface area is 143 Å². The van der Waals surface area contributed by atoms with Gasteiger partial charge in [0.2, 0.25) is 5.89 Å². The first-order valence-corrected chi connectivity index (χ1v) is 8.69. The Hall–Kier alpha value is -1.76. The van der Waals surface area contributed by atoms with E-state index in [1.54, 1.807) is 0 Å². The van der Waals surface area contributed by atoms with Gasteiger partial charge in [-0.05, 0) is 12.5 Å². The molecule has 130 valence electrons. The molecule has 0 unspecified atom stereocenters. The quantitative estimate of drug-likeness (QED) is 0.874. The molecule has 2 heterocycles. The van der Waals surface area contributed by atoms with E-state index in [0.717, 1.165) is 44.0 Å². The van der Waals surface area contributed by atoms with Crippen molar-refractivity contribution in [3.8, 4) is 0 Å². The summed E-state index contributed by atoms with van der Waals surface area (Å²) >= 11 is 0. The molecule has 1 N–H and O–H groups in total.